The number of piperidine rings is 1. The van der Waals surface area contributed by atoms with Gasteiger partial charge in [-0.15, -0.1) is 10.2 Å². The maximum Gasteiger partial charge on any atom is 0.232 e. The van der Waals surface area contributed by atoms with Crippen LogP contribution in [0.4, 0.5) is 0 Å². The predicted octanol–water partition coefficient (Wildman–Crippen LogP) is 3.45. The highest BCUT2D eigenvalue weighted by molar-refractivity contribution is 5.21. The van der Waals surface area contributed by atoms with E-state index in [1.54, 1.807) is 0 Å². The van der Waals surface area contributed by atoms with Crippen LogP contribution >= 0.6 is 0 Å². The molecule has 28 heavy (non-hydrogen) atoms. The smallest absolute Gasteiger partial charge is 0.232 e. The molecule has 1 saturated heterocycles. The molecule has 0 amide bonds. The Bertz CT molecular complexity index is 839. The lowest BCUT2D eigenvalue weighted by atomic mass is 9.90. The highest BCUT2D eigenvalue weighted by Crippen LogP contribution is 2.64. The zero-order chi connectivity index (χ0) is 19.4. The Hall–Kier alpha value is -1.76. The molecule has 0 N–H and O–H groups in total. The number of hydrogen-bond donors (Lipinski definition) is 0. The summed E-state index contributed by atoms with van der Waals surface area (Å²) in [7, 11) is 0. The van der Waals surface area contributed by atoms with Crippen LogP contribution in [0.1, 0.15) is 88.6 Å². The molecule has 1 aliphatic carbocycles. The van der Waals surface area contributed by atoms with E-state index in [0.29, 0.717) is 11.3 Å². The normalized spacial score (nSPS) is 24.9. The van der Waals surface area contributed by atoms with E-state index in [9.17, 15) is 0 Å². The van der Waals surface area contributed by atoms with Crippen molar-refractivity contribution in [1.82, 2.24) is 29.8 Å². The van der Waals surface area contributed by atoms with E-state index in [1.165, 1.54) is 50.2 Å². The van der Waals surface area contributed by atoms with Gasteiger partial charge in [-0.3, -0.25) is 4.90 Å². The maximum absolute atomic E-state index is 5.45. The molecule has 0 unspecified atom stereocenters. The van der Waals surface area contributed by atoms with E-state index in [-0.39, 0.29) is 5.41 Å². The molecule has 0 radical (unpaired) electrons. The number of rotatable bonds is 3. The molecule has 7 heteroatoms. The monoisotopic (exact) mass is 384 g/mol. The number of nitrogens with zero attached hydrogens (tertiary/aromatic N) is 6. The average Bonchev–Trinajstić information content (AvgIpc) is 3.00. The van der Waals surface area contributed by atoms with Gasteiger partial charge >= 0.3 is 0 Å². The molecule has 0 aromatic carbocycles. The third-order valence-corrected chi connectivity index (χ3v) is 6.97. The first-order chi connectivity index (χ1) is 13.4. The third-order valence-electron chi connectivity index (χ3n) is 6.97. The quantitative estimate of drug-likeness (QED) is 0.807. The number of hydrogen-bond acceptors (Lipinski definition) is 6. The van der Waals surface area contributed by atoms with Gasteiger partial charge in [0.25, 0.3) is 0 Å². The predicted molar refractivity (Wildman–Crippen MR) is 105 cm³/mol. The molecule has 152 valence electrons. The summed E-state index contributed by atoms with van der Waals surface area (Å²) >= 11 is 0. The van der Waals surface area contributed by atoms with Crippen molar-refractivity contribution in [1.29, 1.82) is 0 Å². The van der Waals surface area contributed by atoms with E-state index in [0.717, 1.165) is 44.3 Å². The summed E-state index contributed by atoms with van der Waals surface area (Å²) in [6.07, 6.45) is 8.72. The summed E-state index contributed by atoms with van der Waals surface area (Å²) < 4.78 is 7.90. The van der Waals surface area contributed by atoms with Gasteiger partial charge in [0.05, 0.1) is 6.54 Å². The fourth-order valence-corrected chi connectivity index (χ4v) is 5.01. The molecule has 1 spiro atoms. The van der Waals surface area contributed by atoms with Crippen molar-refractivity contribution in [2.75, 3.05) is 13.1 Å². The summed E-state index contributed by atoms with van der Waals surface area (Å²) in [5, 5.41) is 13.3. The zero-order valence-electron chi connectivity index (χ0n) is 17.4. The van der Waals surface area contributed by atoms with E-state index >= 15 is 0 Å². The molecule has 2 aliphatic heterocycles. The summed E-state index contributed by atoms with van der Waals surface area (Å²) in [6, 6.07) is 0. The Morgan fingerprint density at radius 2 is 1.89 bits per heavy atom. The Morgan fingerprint density at radius 3 is 2.64 bits per heavy atom. The summed E-state index contributed by atoms with van der Waals surface area (Å²) in [4.78, 5) is 7.07. The van der Waals surface area contributed by atoms with Crippen LogP contribution in [0, 0.1) is 5.41 Å². The molecule has 7 nitrogen and oxygen atoms in total. The van der Waals surface area contributed by atoms with Gasteiger partial charge in [0.2, 0.25) is 5.89 Å². The molecule has 3 aliphatic rings. The van der Waals surface area contributed by atoms with Crippen molar-refractivity contribution in [3.8, 4) is 0 Å². The molecule has 2 aromatic rings. The van der Waals surface area contributed by atoms with Crippen LogP contribution in [0.2, 0.25) is 0 Å². The molecule has 2 aromatic heterocycles. The van der Waals surface area contributed by atoms with Gasteiger partial charge in [-0.25, -0.2) is 0 Å². The average molecular weight is 385 g/mol. The molecule has 2 fully saturated rings. The second-order valence-corrected chi connectivity index (χ2v) is 10.1. The van der Waals surface area contributed by atoms with Crippen LogP contribution in [-0.4, -0.2) is 42.9 Å². The van der Waals surface area contributed by atoms with Crippen molar-refractivity contribution >= 4 is 0 Å². The lowest BCUT2D eigenvalue weighted by Crippen LogP contribution is -2.35. The van der Waals surface area contributed by atoms with Crippen LogP contribution in [0.15, 0.2) is 4.52 Å². The summed E-state index contributed by atoms with van der Waals surface area (Å²) in [5.41, 5.74) is 0.370. The number of fused-ring (bicyclic) bond motifs is 1. The largest absolute Gasteiger partial charge is 0.339 e. The van der Waals surface area contributed by atoms with Gasteiger partial charge in [-0.1, -0.05) is 32.3 Å². The van der Waals surface area contributed by atoms with Gasteiger partial charge in [-0.05, 0) is 50.6 Å². The van der Waals surface area contributed by atoms with Crippen LogP contribution in [-0.2, 0) is 24.9 Å². The van der Waals surface area contributed by atoms with Crippen LogP contribution in [0.5, 0.6) is 0 Å². The van der Waals surface area contributed by atoms with E-state index in [2.05, 4.69) is 50.6 Å². The second kappa shape index (κ2) is 6.65. The maximum atomic E-state index is 5.45. The first-order valence-corrected chi connectivity index (χ1v) is 10.9. The lowest BCUT2D eigenvalue weighted by molar-refractivity contribution is 0.157. The fraction of sp³-hybridized carbons (Fsp3) is 0.810. The van der Waals surface area contributed by atoms with E-state index in [4.69, 9.17) is 4.52 Å². The topological polar surface area (TPSA) is 72.9 Å². The molecule has 5 rings (SSSR count). The van der Waals surface area contributed by atoms with Crippen LogP contribution in [0.25, 0.3) is 0 Å². The number of aryl methyl sites for hydroxylation is 1. The summed E-state index contributed by atoms with van der Waals surface area (Å²) in [6.45, 7) is 10.4. The highest BCUT2D eigenvalue weighted by atomic mass is 16.5. The zero-order valence-corrected chi connectivity index (χ0v) is 17.4. The SMILES string of the molecule is CC(C)(C)c1nc(CN2CCC3(CC2)C[C@H]3c2nnc3n2CCCCC3)no1. The second-order valence-electron chi connectivity index (χ2n) is 10.1. The van der Waals surface area contributed by atoms with Gasteiger partial charge in [0.1, 0.15) is 11.6 Å². The Morgan fingerprint density at radius 1 is 1.07 bits per heavy atom. The third kappa shape index (κ3) is 3.27. The molecule has 4 heterocycles. The van der Waals surface area contributed by atoms with Crippen molar-refractivity contribution < 1.29 is 4.52 Å². The van der Waals surface area contributed by atoms with Crippen molar-refractivity contribution in [2.24, 2.45) is 5.41 Å². The minimum absolute atomic E-state index is 0.0886. The molecule has 1 saturated carbocycles. The fourth-order valence-electron chi connectivity index (χ4n) is 5.01. The minimum atomic E-state index is -0.0886. The summed E-state index contributed by atoms with van der Waals surface area (Å²) in [5.74, 6) is 4.66. The van der Waals surface area contributed by atoms with Crippen LogP contribution in [0.3, 0.4) is 0 Å². The molecular formula is C21H32N6O. The number of likely N-dealkylation sites (tertiary alicyclic amines) is 1. The highest BCUT2D eigenvalue weighted by Gasteiger charge is 2.57. The van der Waals surface area contributed by atoms with Gasteiger partial charge in [0, 0.05) is 24.3 Å². The number of aromatic nitrogens is 5. The van der Waals surface area contributed by atoms with Crippen molar-refractivity contribution in [3.05, 3.63) is 23.4 Å². The van der Waals surface area contributed by atoms with Crippen molar-refractivity contribution in [3.63, 3.8) is 0 Å². The Balaban J connectivity index is 1.20. The van der Waals surface area contributed by atoms with E-state index in [1.807, 2.05) is 0 Å². The van der Waals surface area contributed by atoms with Crippen LogP contribution < -0.4 is 0 Å². The Labute approximate surface area is 166 Å². The minimum Gasteiger partial charge on any atom is -0.339 e. The van der Waals surface area contributed by atoms with Crippen molar-refractivity contribution in [2.45, 2.75) is 90.1 Å². The Kier molecular flexibility index (Phi) is 4.34. The molecule has 1 atom stereocenters. The molecular weight excluding hydrogens is 352 g/mol. The molecule has 0 bridgehead atoms. The van der Waals surface area contributed by atoms with Gasteiger partial charge in [-0.2, -0.15) is 4.98 Å². The lowest BCUT2D eigenvalue weighted by Gasteiger charge is -2.32. The van der Waals surface area contributed by atoms with E-state index < -0.39 is 0 Å². The first kappa shape index (κ1) is 18.3. The standard InChI is InChI=1S/C21H32N6O/c1-20(2,3)19-22-16(25-28-19)14-26-11-8-21(9-12-26)13-15(21)18-24-23-17-7-5-4-6-10-27(17)18/h15H,4-14H2,1-3H3/t15-/m0/s1. The van der Waals surface area contributed by atoms with Gasteiger partial charge < -0.3 is 9.09 Å². The first-order valence-electron chi connectivity index (χ1n) is 10.9. The van der Waals surface area contributed by atoms with Gasteiger partial charge in [0.15, 0.2) is 5.82 Å².